The molecule has 0 aliphatic carbocycles. The fourth-order valence-corrected chi connectivity index (χ4v) is 4.69. The first-order valence-corrected chi connectivity index (χ1v) is 11.8. The van der Waals surface area contributed by atoms with E-state index in [4.69, 9.17) is 11.6 Å². The molecule has 0 aliphatic heterocycles. The van der Waals surface area contributed by atoms with Crippen molar-refractivity contribution in [2.75, 3.05) is 0 Å². The van der Waals surface area contributed by atoms with Crippen molar-refractivity contribution < 1.29 is 4.39 Å². The predicted molar refractivity (Wildman–Crippen MR) is 139 cm³/mol. The largest absolute Gasteiger partial charge is 0.310 e. The molecule has 34 heavy (non-hydrogen) atoms. The van der Waals surface area contributed by atoms with Gasteiger partial charge in [0.25, 0.3) is 5.56 Å². The van der Waals surface area contributed by atoms with Gasteiger partial charge in [0, 0.05) is 39.7 Å². The molecule has 2 aromatic carbocycles. The number of aryl methyl sites for hydroxylation is 2. The molecule has 0 saturated heterocycles. The van der Waals surface area contributed by atoms with Crippen molar-refractivity contribution in [1.82, 2.24) is 24.5 Å². The molecule has 5 rings (SSSR count). The summed E-state index contributed by atoms with van der Waals surface area (Å²) < 4.78 is 21.1. The van der Waals surface area contributed by atoms with Gasteiger partial charge in [-0.1, -0.05) is 41.1 Å². The van der Waals surface area contributed by atoms with Gasteiger partial charge in [0.05, 0.1) is 23.6 Å². The number of hydrogen-bond donors (Lipinski definition) is 0. The molecule has 170 valence electrons. The minimum atomic E-state index is -2.13. The van der Waals surface area contributed by atoms with Gasteiger partial charge in [-0.2, -0.15) is 0 Å². The summed E-state index contributed by atoms with van der Waals surface area (Å²) in [5.74, 6) is 0. The second-order valence-corrected chi connectivity index (χ2v) is 9.64. The number of aromatic nitrogens is 5. The maximum Gasteiger partial charge on any atom is 0.251 e. The van der Waals surface area contributed by atoms with E-state index in [2.05, 4.69) is 37.9 Å². The summed E-state index contributed by atoms with van der Waals surface area (Å²) in [6, 6.07) is 17.6. The van der Waals surface area contributed by atoms with Crippen molar-refractivity contribution in [1.29, 1.82) is 0 Å². The maximum absolute atomic E-state index is 17.3. The number of halogens is 3. The van der Waals surface area contributed by atoms with E-state index in [1.165, 1.54) is 27.7 Å². The Morgan fingerprint density at radius 1 is 1.03 bits per heavy atom. The van der Waals surface area contributed by atoms with Crippen LogP contribution in [0.4, 0.5) is 4.39 Å². The van der Waals surface area contributed by atoms with Crippen LogP contribution in [0.3, 0.4) is 0 Å². The van der Waals surface area contributed by atoms with Crippen LogP contribution in [-0.4, -0.2) is 24.5 Å². The van der Waals surface area contributed by atoms with E-state index in [-0.39, 0.29) is 16.9 Å². The van der Waals surface area contributed by atoms with Gasteiger partial charge in [-0.15, -0.1) is 5.10 Å². The smallest absolute Gasteiger partial charge is 0.251 e. The van der Waals surface area contributed by atoms with E-state index in [0.717, 1.165) is 9.13 Å². The Bertz CT molecular complexity index is 1600. The zero-order chi connectivity index (χ0) is 24.0. The van der Waals surface area contributed by atoms with Crippen LogP contribution in [0.5, 0.6) is 0 Å². The molecule has 3 heterocycles. The SMILES string of the molecule is Cn1nncc1[C@@](F)(c1ccc(I)cc1)c1cc2c(-c3cccc(Cl)c3)cc(=O)n(C)c2cn1. The lowest BCUT2D eigenvalue weighted by Crippen LogP contribution is -2.28. The van der Waals surface area contributed by atoms with Crippen LogP contribution in [0.1, 0.15) is 17.0 Å². The van der Waals surface area contributed by atoms with Crippen LogP contribution < -0.4 is 5.56 Å². The average molecular weight is 586 g/mol. The fraction of sp³-hybridized carbons (Fsp3) is 0.120. The highest BCUT2D eigenvalue weighted by molar-refractivity contribution is 14.1. The first-order valence-electron chi connectivity index (χ1n) is 10.4. The minimum Gasteiger partial charge on any atom is -0.310 e. The fourth-order valence-electron chi connectivity index (χ4n) is 4.14. The Morgan fingerprint density at radius 3 is 2.47 bits per heavy atom. The van der Waals surface area contributed by atoms with Crippen molar-refractivity contribution in [3.8, 4) is 11.1 Å². The Labute approximate surface area is 213 Å². The summed E-state index contributed by atoms with van der Waals surface area (Å²) >= 11 is 8.41. The van der Waals surface area contributed by atoms with Crippen LogP contribution in [-0.2, 0) is 19.8 Å². The lowest BCUT2D eigenvalue weighted by molar-refractivity contribution is 0.257. The molecule has 3 aromatic heterocycles. The Balaban J connectivity index is 1.84. The van der Waals surface area contributed by atoms with E-state index < -0.39 is 5.67 Å². The quantitative estimate of drug-likeness (QED) is 0.271. The van der Waals surface area contributed by atoms with Gasteiger partial charge < -0.3 is 4.57 Å². The summed E-state index contributed by atoms with van der Waals surface area (Å²) in [6.45, 7) is 0. The van der Waals surface area contributed by atoms with E-state index in [1.54, 1.807) is 44.4 Å². The lowest BCUT2D eigenvalue weighted by atomic mass is 9.87. The Kier molecular flexibility index (Phi) is 5.73. The second kappa shape index (κ2) is 8.59. The van der Waals surface area contributed by atoms with Crippen molar-refractivity contribution in [3.63, 3.8) is 0 Å². The molecule has 0 unspecified atom stereocenters. The van der Waals surface area contributed by atoms with Gasteiger partial charge in [-0.3, -0.25) is 9.78 Å². The van der Waals surface area contributed by atoms with Gasteiger partial charge in [0.2, 0.25) is 5.67 Å². The Morgan fingerprint density at radius 2 is 1.79 bits per heavy atom. The molecule has 0 radical (unpaired) electrons. The molecular formula is C25H18ClFIN5O. The maximum atomic E-state index is 17.3. The number of rotatable bonds is 4. The summed E-state index contributed by atoms with van der Waals surface area (Å²) in [4.78, 5) is 17.2. The van der Waals surface area contributed by atoms with Crippen LogP contribution in [0.15, 0.2) is 77.9 Å². The summed E-state index contributed by atoms with van der Waals surface area (Å²) in [5.41, 5.74) is 0.473. The van der Waals surface area contributed by atoms with Crippen LogP contribution in [0.2, 0.25) is 5.02 Å². The van der Waals surface area contributed by atoms with Gasteiger partial charge in [0.1, 0.15) is 5.69 Å². The van der Waals surface area contributed by atoms with E-state index in [1.807, 2.05) is 24.3 Å². The van der Waals surface area contributed by atoms with Crippen LogP contribution in [0, 0.1) is 3.57 Å². The molecule has 0 saturated carbocycles. The molecule has 0 fully saturated rings. The Hall–Kier alpha value is -3.11. The molecule has 5 aromatic rings. The molecule has 9 heteroatoms. The monoisotopic (exact) mass is 585 g/mol. The van der Waals surface area contributed by atoms with E-state index in [0.29, 0.717) is 27.1 Å². The predicted octanol–water partition coefficient (Wildman–Crippen LogP) is 5.25. The molecule has 0 spiro atoms. The highest BCUT2D eigenvalue weighted by Gasteiger charge is 2.41. The zero-order valence-corrected chi connectivity index (χ0v) is 21.1. The number of hydrogen-bond acceptors (Lipinski definition) is 4. The van der Waals surface area contributed by atoms with Gasteiger partial charge in [-0.25, -0.2) is 9.07 Å². The number of fused-ring (bicyclic) bond motifs is 1. The lowest BCUT2D eigenvalue weighted by Gasteiger charge is -2.26. The van der Waals surface area contributed by atoms with Gasteiger partial charge in [0.15, 0.2) is 0 Å². The van der Waals surface area contributed by atoms with E-state index in [9.17, 15) is 4.79 Å². The molecule has 1 atom stereocenters. The highest BCUT2D eigenvalue weighted by Crippen LogP contribution is 2.41. The number of nitrogens with zero attached hydrogens (tertiary/aromatic N) is 5. The van der Waals surface area contributed by atoms with E-state index >= 15 is 4.39 Å². The van der Waals surface area contributed by atoms with Crippen molar-refractivity contribution in [2.45, 2.75) is 5.67 Å². The third kappa shape index (κ3) is 3.70. The number of alkyl halides is 1. The molecule has 0 amide bonds. The third-order valence-electron chi connectivity index (χ3n) is 5.93. The van der Waals surface area contributed by atoms with Crippen LogP contribution >= 0.6 is 34.2 Å². The topological polar surface area (TPSA) is 65.6 Å². The van der Waals surface area contributed by atoms with Crippen molar-refractivity contribution in [3.05, 3.63) is 109 Å². The molecule has 0 N–H and O–H groups in total. The zero-order valence-electron chi connectivity index (χ0n) is 18.2. The molecular weight excluding hydrogens is 568 g/mol. The third-order valence-corrected chi connectivity index (χ3v) is 6.89. The van der Waals surface area contributed by atoms with Crippen LogP contribution in [0.25, 0.3) is 22.0 Å². The van der Waals surface area contributed by atoms with Crippen molar-refractivity contribution >= 4 is 45.1 Å². The summed E-state index contributed by atoms with van der Waals surface area (Å²) in [7, 11) is 3.31. The first kappa shape index (κ1) is 22.7. The number of benzene rings is 2. The van der Waals surface area contributed by atoms with Crippen molar-refractivity contribution in [2.24, 2.45) is 14.1 Å². The average Bonchev–Trinajstić information content (AvgIpc) is 3.27. The standard InChI is InChI=1S/C25H18ClFIN5O/c1-32-21-13-29-22(11-20(21)19(12-24(32)34)15-4-3-5-17(26)10-15)25(27,23-14-30-31-33(23)2)16-6-8-18(28)9-7-16/h3-14H,1-2H3/t25-/m1/s1. The first-order chi connectivity index (χ1) is 16.3. The summed E-state index contributed by atoms with van der Waals surface area (Å²) in [5, 5.41) is 9.07. The molecule has 0 aliphatic rings. The minimum absolute atomic E-state index is 0.161. The van der Waals surface area contributed by atoms with Gasteiger partial charge >= 0.3 is 0 Å². The number of pyridine rings is 2. The highest BCUT2D eigenvalue weighted by atomic mass is 127. The normalized spacial score (nSPS) is 13.2. The summed E-state index contributed by atoms with van der Waals surface area (Å²) in [6.07, 6.45) is 2.94. The van der Waals surface area contributed by atoms with Gasteiger partial charge in [-0.05, 0) is 64.0 Å². The molecule has 6 nitrogen and oxygen atoms in total. The second-order valence-electron chi connectivity index (χ2n) is 7.96. The molecule has 0 bridgehead atoms.